The number of anilines is 1. The summed E-state index contributed by atoms with van der Waals surface area (Å²) in [5.74, 6) is 1.52. The Bertz CT molecular complexity index is 877. The summed E-state index contributed by atoms with van der Waals surface area (Å²) in [7, 11) is 3.19. The van der Waals surface area contributed by atoms with Gasteiger partial charge in [0, 0.05) is 38.0 Å². The Hall–Kier alpha value is -3.00. The fraction of sp³-hybridized carbons (Fsp3) is 0.455. The van der Waals surface area contributed by atoms with Gasteiger partial charge in [-0.3, -0.25) is 9.59 Å². The third-order valence-electron chi connectivity index (χ3n) is 5.32. The van der Waals surface area contributed by atoms with E-state index in [0.717, 1.165) is 24.4 Å². The summed E-state index contributed by atoms with van der Waals surface area (Å²) in [6.07, 6.45) is 3.63. The van der Waals surface area contributed by atoms with Crippen LogP contribution in [0.3, 0.4) is 0 Å². The quantitative estimate of drug-likeness (QED) is 0.752. The van der Waals surface area contributed by atoms with Gasteiger partial charge in [0.25, 0.3) is 5.91 Å². The van der Waals surface area contributed by atoms with Gasteiger partial charge in [-0.25, -0.2) is 9.97 Å². The van der Waals surface area contributed by atoms with Crippen molar-refractivity contribution in [2.75, 3.05) is 39.2 Å². The van der Waals surface area contributed by atoms with E-state index in [1.54, 1.807) is 44.7 Å². The lowest BCUT2D eigenvalue weighted by molar-refractivity contribution is -0.133. The topological polar surface area (TPSA) is 93.7 Å². The van der Waals surface area contributed by atoms with Gasteiger partial charge in [0.15, 0.2) is 0 Å². The Morgan fingerprint density at radius 2 is 1.87 bits per heavy atom. The van der Waals surface area contributed by atoms with E-state index in [1.165, 1.54) is 0 Å². The van der Waals surface area contributed by atoms with Crippen LogP contribution in [0.15, 0.2) is 30.5 Å². The van der Waals surface area contributed by atoms with Crippen LogP contribution in [0.2, 0.25) is 0 Å². The van der Waals surface area contributed by atoms with Crippen LogP contribution in [-0.2, 0) is 9.53 Å². The second-order valence-corrected chi connectivity index (χ2v) is 7.31. The Morgan fingerprint density at radius 3 is 2.47 bits per heavy atom. The van der Waals surface area contributed by atoms with Gasteiger partial charge in [-0.05, 0) is 44.0 Å². The highest BCUT2D eigenvalue weighted by Gasteiger charge is 2.26. The Balaban J connectivity index is 1.59. The number of carbonyl (C=O) groups is 2. The molecule has 0 atom stereocenters. The fourth-order valence-electron chi connectivity index (χ4n) is 3.51. The standard InChI is InChI=1S/C22H28N4O4/c1-15-19(22(28)25-17-4-6-18(30-3)7-5-17)14-23-21(24-15)16-8-11-26(12-9-16)20(27)10-13-29-2/h4-7,14,16H,8-13H2,1-3H3,(H,25,28). The molecule has 160 valence electrons. The van der Waals surface area contributed by atoms with E-state index < -0.39 is 0 Å². The monoisotopic (exact) mass is 412 g/mol. The van der Waals surface area contributed by atoms with E-state index in [2.05, 4.69) is 15.3 Å². The Kier molecular flexibility index (Phi) is 7.35. The molecule has 2 aromatic rings. The van der Waals surface area contributed by atoms with E-state index in [9.17, 15) is 9.59 Å². The number of aryl methyl sites for hydroxylation is 1. The van der Waals surface area contributed by atoms with Crippen molar-refractivity contribution in [3.05, 3.63) is 47.5 Å². The minimum atomic E-state index is -0.247. The molecule has 1 fully saturated rings. The van der Waals surface area contributed by atoms with Crippen LogP contribution in [0, 0.1) is 6.92 Å². The van der Waals surface area contributed by atoms with Crippen LogP contribution in [0.1, 0.15) is 47.1 Å². The number of amides is 2. The van der Waals surface area contributed by atoms with E-state index in [-0.39, 0.29) is 17.7 Å². The van der Waals surface area contributed by atoms with Crippen molar-refractivity contribution in [2.45, 2.75) is 32.1 Å². The van der Waals surface area contributed by atoms with Crippen LogP contribution in [-0.4, -0.2) is 60.6 Å². The van der Waals surface area contributed by atoms with Gasteiger partial charge < -0.3 is 19.7 Å². The molecule has 8 heteroatoms. The van der Waals surface area contributed by atoms with Gasteiger partial charge in [-0.2, -0.15) is 0 Å². The van der Waals surface area contributed by atoms with Crippen LogP contribution in [0.5, 0.6) is 5.75 Å². The molecule has 2 amide bonds. The molecule has 1 aliphatic rings. The number of nitrogens with one attached hydrogen (secondary N) is 1. The zero-order chi connectivity index (χ0) is 21.5. The number of aromatic nitrogens is 2. The molecular formula is C22H28N4O4. The molecule has 0 bridgehead atoms. The molecule has 0 saturated carbocycles. The number of likely N-dealkylation sites (tertiary alicyclic amines) is 1. The van der Waals surface area contributed by atoms with Gasteiger partial charge in [0.2, 0.25) is 5.91 Å². The largest absolute Gasteiger partial charge is 0.497 e. The average molecular weight is 412 g/mol. The molecule has 30 heavy (non-hydrogen) atoms. The van der Waals surface area contributed by atoms with E-state index in [0.29, 0.717) is 43.1 Å². The van der Waals surface area contributed by atoms with E-state index in [4.69, 9.17) is 9.47 Å². The summed E-state index contributed by atoms with van der Waals surface area (Å²) >= 11 is 0. The summed E-state index contributed by atoms with van der Waals surface area (Å²) in [5, 5.41) is 2.86. The number of rotatable bonds is 7. The maximum absolute atomic E-state index is 12.6. The summed E-state index contributed by atoms with van der Waals surface area (Å²) < 4.78 is 10.1. The molecule has 1 saturated heterocycles. The number of benzene rings is 1. The molecule has 3 rings (SSSR count). The highest BCUT2D eigenvalue weighted by Crippen LogP contribution is 2.26. The number of hydrogen-bond donors (Lipinski definition) is 1. The van der Waals surface area contributed by atoms with Gasteiger partial charge in [-0.15, -0.1) is 0 Å². The Morgan fingerprint density at radius 1 is 1.17 bits per heavy atom. The average Bonchev–Trinajstić information content (AvgIpc) is 2.78. The SMILES string of the molecule is COCCC(=O)N1CCC(c2ncc(C(=O)Nc3ccc(OC)cc3)c(C)n2)CC1. The summed E-state index contributed by atoms with van der Waals surface area (Å²) in [6, 6.07) is 7.13. The lowest BCUT2D eigenvalue weighted by Crippen LogP contribution is -2.38. The van der Waals surface area contributed by atoms with Crippen molar-refractivity contribution in [3.8, 4) is 5.75 Å². The third kappa shape index (κ3) is 5.33. The van der Waals surface area contributed by atoms with Gasteiger partial charge in [0.05, 0.1) is 31.4 Å². The smallest absolute Gasteiger partial charge is 0.259 e. The molecule has 2 heterocycles. The maximum atomic E-state index is 12.6. The first kappa shape index (κ1) is 21.7. The third-order valence-corrected chi connectivity index (χ3v) is 5.32. The van der Waals surface area contributed by atoms with E-state index >= 15 is 0 Å². The Labute approximate surface area is 176 Å². The number of piperidine rings is 1. The van der Waals surface area contributed by atoms with Crippen molar-refractivity contribution in [1.82, 2.24) is 14.9 Å². The summed E-state index contributed by atoms with van der Waals surface area (Å²) in [5.41, 5.74) is 1.76. The first-order valence-electron chi connectivity index (χ1n) is 10.1. The predicted octanol–water partition coefficient (Wildman–Crippen LogP) is 2.79. The fourth-order valence-corrected chi connectivity index (χ4v) is 3.51. The number of carbonyl (C=O) groups excluding carboxylic acids is 2. The molecule has 0 radical (unpaired) electrons. The number of ether oxygens (including phenoxy) is 2. The molecule has 8 nitrogen and oxygen atoms in total. The summed E-state index contributed by atoms with van der Waals surface area (Å²) in [6.45, 7) is 3.64. The minimum Gasteiger partial charge on any atom is -0.497 e. The van der Waals surface area contributed by atoms with Crippen LogP contribution >= 0.6 is 0 Å². The summed E-state index contributed by atoms with van der Waals surface area (Å²) in [4.78, 5) is 35.6. The van der Waals surface area contributed by atoms with Gasteiger partial charge in [-0.1, -0.05) is 0 Å². The maximum Gasteiger partial charge on any atom is 0.259 e. The molecule has 0 spiro atoms. The molecule has 0 aliphatic carbocycles. The van der Waals surface area contributed by atoms with E-state index in [1.807, 2.05) is 11.8 Å². The number of hydrogen-bond acceptors (Lipinski definition) is 6. The van der Waals surface area contributed by atoms with Crippen LogP contribution in [0.4, 0.5) is 5.69 Å². The highest BCUT2D eigenvalue weighted by atomic mass is 16.5. The normalized spacial score (nSPS) is 14.4. The molecule has 1 N–H and O–H groups in total. The molecular weight excluding hydrogens is 384 g/mol. The number of methoxy groups -OCH3 is 2. The molecule has 1 aromatic carbocycles. The zero-order valence-corrected chi connectivity index (χ0v) is 17.7. The van der Waals surface area contributed by atoms with Gasteiger partial charge in [0.1, 0.15) is 11.6 Å². The molecule has 0 unspecified atom stereocenters. The highest BCUT2D eigenvalue weighted by molar-refractivity contribution is 6.04. The second-order valence-electron chi connectivity index (χ2n) is 7.31. The molecule has 1 aromatic heterocycles. The lowest BCUT2D eigenvalue weighted by Gasteiger charge is -2.31. The van der Waals surface area contributed by atoms with Crippen molar-refractivity contribution in [2.24, 2.45) is 0 Å². The van der Waals surface area contributed by atoms with Crippen LogP contribution in [0.25, 0.3) is 0 Å². The number of nitrogens with zero attached hydrogens (tertiary/aromatic N) is 3. The minimum absolute atomic E-state index is 0.123. The van der Waals surface area contributed by atoms with Crippen LogP contribution < -0.4 is 10.1 Å². The first-order chi connectivity index (χ1) is 14.5. The van der Waals surface area contributed by atoms with Crippen molar-refractivity contribution < 1.29 is 19.1 Å². The van der Waals surface area contributed by atoms with Crippen molar-refractivity contribution >= 4 is 17.5 Å². The first-order valence-corrected chi connectivity index (χ1v) is 10.1. The second kappa shape index (κ2) is 10.2. The zero-order valence-electron chi connectivity index (χ0n) is 17.7. The predicted molar refractivity (Wildman–Crippen MR) is 113 cm³/mol. The van der Waals surface area contributed by atoms with Crippen molar-refractivity contribution in [1.29, 1.82) is 0 Å². The van der Waals surface area contributed by atoms with Crippen molar-refractivity contribution in [3.63, 3.8) is 0 Å². The lowest BCUT2D eigenvalue weighted by atomic mass is 9.95. The van der Waals surface area contributed by atoms with Gasteiger partial charge >= 0.3 is 0 Å². The molecule has 1 aliphatic heterocycles.